The van der Waals surface area contributed by atoms with Crippen LogP contribution in [0.2, 0.25) is 0 Å². The van der Waals surface area contributed by atoms with Crippen LogP contribution in [0.3, 0.4) is 0 Å². The van der Waals surface area contributed by atoms with Gasteiger partial charge in [-0.2, -0.15) is 0 Å². The van der Waals surface area contributed by atoms with Gasteiger partial charge in [-0.3, -0.25) is 0 Å². The van der Waals surface area contributed by atoms with E-state index in [1.54, 1.807) is 11.3 Å². The van der Waals surface area contributed by atoms with Crippen molar-refractivity contribution >= 4 is 16.5 Å². The molecular weight excluding hydrogens is 236 g/mol. The largest absolute Gasteiger partial charge is 0.391 e. The highest BCUT2D eigenvalue weighted by Gasteiger charge is 2.19. The third-order valence-electron chi connectivity index (χ3n) is 2.97. The molecule has 1 aliphatic heterocycles. The van der Waals surface area contributed by atoms with Gasteiger partial charge >= 0.3 is 0 Å². The molecule has 2 heterocycles. The molecule has 0 spiro atoms. The van der Waals surface area contributed by atoms with Crippen molar-refractivity contribution in [3.05, 3.63) is 10.6 Å². The van der Waals surface area contributed by atoms with Crippen LogP contribution in [0.4, 0.5) is 5.13 Å². The van der Waals surface area contributed by atoms with Crippen LogP contribution < -0.4 is 4.90 Å². The SMILES string of the molecule is CCc1nc(N2CCCOC(C)C2)sc1CO. The third-order valence-corrected chi connectivity index (χ3v) is 4.11. The number of rotatable bonds is 3. The molecule has 1 fully saturated rings. The summed E-state index contributed by atoms with van der Waals surface area (Å²) in [5, 5.41) is 10.3. The summed E-state index contributed by atoms with van der Waals surface area (Å²) in [6.07, 6.45) is 2.18. The van der Waals surface area contributed by atoms with E-state index in [4.69, 9.17) is 4.74 Å². The maximum atomic E-state index is 9.30. The molecule has 1 aromatic heterocycles. The number of aliphatic hydroxyl groups excluding tert-OH is 1. The Bertz CT molecular complexity index is 346. The van der Waals surface area contributed by atoms with E-state index < -0.39 is 0 Å². The molecule has 1 unspecified atom stereocenters. The summed E-state index contributed by atoms with van der Waals surface area (Å²) in [6.45, 7) is 6.98. The molecule has 0 aromatic carbocycles. The maximum absolute atomic E-state index is 9.30. The first-order valence-electron chi connectivity index (χ1n) is 6.20. The zero-order valence-corrected chi connectivity index (χ0v) is 11.3. The Balaban J connectivity index is 2.17. The Morgan fingerprint density at radius 2 is 2.41 bits per heavy atom. The summed E-state index contributed by atoms with van der Waals surface area (Å²) in [4.78, 5) is 7.91. The molecule has 5 heteroatoms. The van der Waals surface area contributed by atoms with E-state index in [0.29, 0.717) is 0 Å². The minimum atomic E-state index is 0.0979. The summed E-state index contributed by atoms with van der Waals surface area (Å²) in [6, 6.07) is 0. The molecule has 1 saturated heterocycles. The Morgan fingerprint density at radius 3 is 3.06 bits per heavy atom. The van der Waals surface area contributed by atoms with E-state index in [0.717, 1.165) is 48.2 Å². The fraction of sp³-hybridized carbons (Fsp3) is 0.750. The second-order valence-electron chi connectivity index (χ2n) is 4.36. The van der Waals surface area contributed by atoms with Crippen LogP contribution in [0.1, 0.15) is 30.8 Å². The second kappa shape index (κ2) is 5.80. The van der Waals surface area contributed by atoms with Crippen LogP contribution in [0.15, 0.2) is 0 Å². The molecule has 96 valence electrons. The molecular formula is C12H20N2O2S. The van der Waals surface area contributed by atoms with Crippen molar-refractivity contribution in [1.82, 2.24) is 4.98 Å². The molecule has 17 heavy (non-hydrogen) atoms. The number of thiazole rings is 1. The predicted octanol–water partition coefficient (Wildman–Crippen LogP) is 1.81. The van der Waals surface area contributed by atoms with Crippen molar-refractivity contribution in [3.63, 3.8) is 0 Å². The number of aryl methyl sites for hydroxylation is 1. The molecule has 1 atom stereocenters. The normalized spacial score (nSPS) is 21.6. The van der Waals surface area contributed by atoms with E-state index in [-0.39, 0.29) is 12.7 Å². The minimum absolute atomic E-state index is 0.0979. The van der Waals surface area contributed by atoms with Crippen molar-refractivity contribution in [2.75, 3.05) is 24.6 Å². The molecule has 4 nitrogen and oxygen atoms in total. The zero-order chi connectivity index (χ0) is 12.3. The lowest BCUT2D eigenvalue weighted by Crippen LogP contribution is -2.29. The molecule has 0 amide bonds. The number of ether oxygens (including phenoxy) is 1. The lowest BCUT2D eigenvalue weighted by molar-refractivity contribution is 0.0821. The van der Waals surface area contributed by atoms with Gasteiger partial charge in [-0.05, 0) is 19.8 Å². The van der Waals surface area contributed by atoms with Gasteiger partial charge in [-0.1, -0.05) is 18.3 Å². The lowest BCUT2D eigenvalue weighted by Gasteiger charge is -2.20. The number of nitrogens with zero attached hydrogens (tertiary/aromatic N) is 2. The molecule has 0 aliphatic carbocycles. The Hall–Kier alpha value is -0.650. The number of hydrogen-bond donors (Lipinski definition) is 1. The van der Waals surface area contributed by atoms with Gasteiger partial charge in [0.1, 0.15) is 0 Å². The maximum Gasteiger partial charge on any atom is 0.185 e. The monoisotopic (exact) mass is 256 g/mol. The van der Waals surface area contributed by atoms with E-state index in [2.05, 4.69) is 23.7 Å². The average molecular weight is 256 g/mol. The zero-order valence-electron chi connectivity index (χ0n) is 10.5. The highest BCUT2D eigenvalue weighted by Crippen LogP contribution is 2.28. The van der Waals surface area contributed by atoms with Crippen LogP contribution in [0.5, 0.6) is 0 Å². The highest BCUT2D eigenvalue weighted by atomic mass is 32.1. The molecule has 0 radical (unpaired) electrons. The number of aromatic nitrogens is 1. The van der Waals surface area contributed by atoms with Crippen LogP contribution in [-0.2, 0) is 17.8 Å². The summed E-state index contributed by atoms with van der Waals surface area (Å²) >= 11 is 1.61. The van der Waals surface area contributed by atoms with Crippen LogP contribution in [0.25, 0.3) is 0 Å². The van der Waals surface area contributed by atoms with Gasteiger partial charge < -0.3 is 14.7 Å². The van der Waals surface area contributed by atoms with E-state index in [9.17, 15) is 5.11 Å². The topological polar surface area (TPSA) is 45.6 Å². The summed E-state index contributed by atoms with van der Waals surface area (Å²) < 4.78 is 5.63. The Labute approximate surface area is 106 Å². The fourth-order valence-electron chi connectivity index (χ4n) is 2.07. The Kier molecular flexibility index (Phi) is 4.36. The van der Waals surface area contributed by atoms with E-state index in [1.807, 2.05) is 0 Å². The van der Waals surface area contributed by atoms with Gasteiger partial charge in [0, 0.05) is 19.7 Å². The van der Waals surface area contributed by atoms with Gasteiger partial charge in [0.15, 0.2) is 5.13 Å². The first-order valence-corrected chi connectivity index (χ1v) is 7.02. The van der Waals surface area contributed by atoms with Crippen LogP contribution >= 0.6 is 11.3 Å². The fourth-order valence-corrected chi connectivity index (χ4v) is 3.12. The molecule has 0 saturated carbocycles. The van der Waals surface area contributed by atoms with Gasteiger partial charge in [-0.25, -0.2) is 4.98 Å². The average Bonchev–Trinajstić information content (AvgIpc) is 2.64. The quantitative estimate of drug-likeness (QED) is 0.896. The molecule has 0 bridgehead atoms. The second-order valence-corrected chi connectivity index (χ2v) is 5.42. The minimum Gasteiger partial charge on any atom is -0.391 e. The summed E-state index contributed by atoms with van der Waals surface area (Å²) in [5.74, 6) is 0. The number of anilines is 1. The van der Waals surface area contributed by atoms with Gasteiger partial charge in [0.05, 0.1) is 23.3 Å². The lowest BCUT2D eigenvalue weighted by atomic mass is 10.3. The molecule has 1 N–H and O–H groups in total. The Morgan fingerprint density at radius 1 is 1.59 bits per heavy atom. The van der Waals surface area contributed by atoms with Gasteiger partial charge in [0.2, 0.25) is 0 Å². The smallest absolute Gasteiger partial charge is 0.185 e. The van der Waals surface area contributed by atoms with Crippen molar-refractivity contribution in [1.29, 1.82) is 0 Å². The van der Waals surface area contributed by atoms with Gasteiger partial charge in [0.25, 0.3) is 0 Å². The molecule has 2 rings (SSSR count). The molecule has 1 aromatic rings. The van der Waals surface area contributed by atoms with Crippen molar-refractivity contribution in [2.24, 2.45) is 0 Å². The summed E-state index contributed by atoms with van der Waals surface area (Å²) in [7, 11) is 0. The number of hydrogen-bond acceptors (Lipinski definition) is 5. The highest BCUT2D eigenvalue weighted by molar-refractivity contribution is 7.15. The predicted molar refractivity (Wildman–Crippen MR) is 69.7 cm³/mol. The van der Waals surface area contributed by atoms with Crippen molar-refractivity contribution < 1.29 is 9.84 Å². The summed E-state index contributed by atoms with van der Waals surface area (Å²) in [5.41, 5.74) is 1.03. The first kappa shape index (κ1) is 12.8. The van der Waals surface area contributed by atoms with E-state index >= 15 is 0 Å². The van der Waals surface area contributed by atoms with E-state index in [1.165, 1.54) is 0 Å². The third kappa shape index (κ3) is 2.97. The van der Waals surface area contributed by atoms with Crippen molar-refractivity contribution in [3.8, 4) is 0 Å². The number of aliphatic hydroxyl groups is 1. The van der Waals surface area contributed by atoms with Crippen molar-refractivity contribution in [2.45, 2.75) is 39.4 Å². The van der Waals surface area contributed by atoms with Crippen LogP contribution in [0, 0.1) is 0 Å². The first-order chi connectivity index (χ1) is 8.24. The molecule has 1 aliphatic rings. The standard InChI is InChI=1S/C12H20N2O2S/c1-3-10-11(8-15)17-12(13-10)14-5-4-6-16-9(2)7-14/h9,15H,3-8H2,1-2H3. The van der Waals surface area contributed by atoms with Crippen LogP contribution in [-0.4, -0.2) is 35.9 Å². The van der Waals surface area contributed by atoms with Gasteiger partial charge in [-0.15, -0.1) is 0 Å².